The number of hydrogen-bond donors (Lipinski definition) is 1. The largest absolute Gasteiger partial charge is 0.482 e. The number of amides is 1. The fraction of sp³-hybridized carbons (Fsp3) is 0.522. The Kier molecular flexibility index (Phi) is 6.37. The summed E-state index contributed by atoms with van der Waals surface area (Å²) in [7, 11) is 0. The molecule has 7 heteroatoms. The van der Waals surface area contributed by atoms with Gasteiger partial charge in [0, 0.05) is 16.7 Å². The molecule has 1 aliphatic carbocycles. The second kappa shape index (κ2) is 9.16. The summed E-state index contributed by atoms with van der Waals surface area (Å²) in [6.45, 7) is 6.56. The van der Waals surface area contributed by atoms with Crippen LogP contribution in [-0.4, -0.2) is 28.9 Å². The lowest BCUT2D eigenvalue weighted by Crippen LogP contribution is -2.25. The number of carbonyl (C=O) groups excluding carboxylic acids is 1. The summed E-state index contributed by atoms with van der Waals surface area (Å²) in [4.78, 5) is 17.8. The van der Waals surface area contributed by atoms with E-state index in [1.807, 2.05) is 22.9 Å². The zero-order valence-corrected chi connectivity index (χ0v) is 18.8. The Labute approximate surface area is 181 Å². The molecule has 1 fully saturated rings. The number of rotatable bonds is 5. The van der Waals surface area contributed by atoms with E-state index in [1.54, 1.807) is 11.3 Å². The first-order chi connectivity index (χ1) is 14.5. The van der Waals surface area contributed by atoms with Crippen molar-refractivity contribution in [2.24, 2.45) is 16.0 Å². The Hall–Kier alpha value is -2.41. The molecule has 0 spiro atoms. The summed E-state index contributed by atoms with van der Waals surface area (Å²) in [5.41, 5.74) is 3.77. The number of hydrogen-bond acceptors (Lipinski definition) is 5. The monoisotopic (exact) mass is 426 g/mol. The van der Waals surface area contributed by atoms with Crippen molar-refractivity contribution in [1.82, 2.24) is 4.68 Å². The predicted molar refractivity (Wildman–Crippen MR) is 122 cm³/mol. The Morgan fingerprint density at radius 3 is 2.87 bits per heavy atom. The normalized spacial score (nSPS) is 18.3. The second-order valence-electron chi connectivity index (χ2n) is 8.62. The molecule has 0 bridgehead atoms. The summed E-state index contributed by atoms with van der Waals surface area (Å²) in [5.74, 6) is 1.12. The zero-order valence-electron chi connectivity index (χ0n) is 18.0. The smallest absolute Gasteiger partial charge is 0.262 e. The summed E-state index contributed by atoms with van der Waals surface area (Å²) in [6.07, 6.45) is 7.09. The van der Waals surface area contributed by atoms with Gasteiger partial charge in [-0.1, -0.05) is 33.1 Å². The molecule has 0 unspecified atom stereocenters. The van der Waals surface area contributed by atoms with Crippen molar-refractivity contribution >= 4 is 28.6 Å². The minimum atomic E-state index is -0.128. The van der Waals surface area contributed by atoms with Crippen LogP contribution in [0.4, 0.5) is 5.69 Å². The first-order valence-electron chi connectivity index (χ1n) is 10.9. The van der Waals surface area contributed by atoms with Gasteiger partial charge < -0.3 is 10.1 Å². The van der Waals surface area contributed by atoms with E-state index in [9.17, 15) is 4.79 Å². The maximum Gasteiger partial charge on any atom is 0.262 e. The molecule has 0 radical (unpaired) electrons. The van der Waals surface area contributed by atoms with Crippen molar-refractivity contribution in [2.75, 3.05) is 11.9 Å². The van der Waals surface area contributed by atoms with Crippen LogP contribution in [0.15, 0.2) is 33.7 Å². The summed E-state index contributed by atoms with van der Waals surface area (Å²) >= 11 is 1.63. The third-order valence-corrected chi connectivity index (χ3v) is 6.27. The van der Waals surface area contributed by atoms with Gasteiger partial charge in [-0.25, -0.2) is 4.68 Å². The van der Waals surface area contributed by atoms with Crippen LogP contribution in [0.5, 0.6) is 5.75 Å². The highest BCUT2D eigenvalue weighted by molar-refractivity contribution is 7.07. The molecule has 1 aromatic carbocycles. The number of benzene rings is 1. The minimum absolute atomic E-state index is 0.0634. The maximum absolute atomic E-state index is 11.7. The average molecular weight is 427 g/mol. The first-order valence-corrected chi connectivity index (χ1v) is 11.7. The molecule has 6 nitrogen and oxygen atoms in total. The van der Waals surface area contributed by atoms with Gasteiger partial charge in [0.1, 0.15) is 5.75 Å². The summed E-state index contributed by atoms with van der Waals surface area (Å²) in [5, 5.41) is 9.97. The van der Waals surface area contributed by atoms with Crippen molar-refractivity contribution in [2.45, 2.75) is 65.3 Å². The highest BCUT2D eigenvalue weighted by Crippen LogP contribution is 2.33. The standard InChI is InChI=1S/C23H30N4O2S/c1-15(2)11-16(3)26-27-20(14-30-23(27)24-18-7-5-4-6-8-18)17-9-10-21-19(12-17)25-22(28)13-29-21/h9-10,12,14-15,18H,4-8,11,13H2,1-3H3,(H,25,28). The number of fused-ring (bicyclic) bond motifs is 1. The van der Waals surface area contributed by atoms with Crippen LogP contribution in [0, 0.1) is 5.92 Å². The van der Waals surface area contributed by atoms with E-state index in [2.05, 4.69) is 31.5 Å². The number of nitrogens with one attached hydrogen (secondary N) is 1. The average Bonchev–Trinajstić information content (AvgIpc) is 3.09. The van der Waals surface area contributed by atoms with E-state index in [-0.39, 0.29) is 12.5 Å². The van der Waals surface area contributed by atoms with Gasteiger partial charge in [-0.05, 0) is 50.3 Å². The highest BCUT2D eigenvalue weighted by Gasteiger charge is 2.19. The summed E-state index contributed by atoms with van der Waals surface area (Å²) in [6, 6.07) is 6.28. The lowest BCUT2D eigenvalue weighted by Gasteiger charge is -2.19. The van der Waals surface area contributed by atoms with E-state index < -0.39 is 0 Å². The Balaban J connectivity index is 1.77. The topological polar surface area (TPSA) is 68.0 Å². The third kappa shape index (κ3) is 4.83. The molecule has 4 rings (SSSR count). The number of nitrogens with zero attached hydrogens (tertiary/aromatic N) is 3. The van der Waals surface area contributed by atoms with Gasteiger partial charge >= 0.3 is 0 Å². The molecule has 2 aromatic rings. The van der Waals surface area contributed by atoms with Crippen molar-refractivity contribution in [1.29, 1.82) is 0 Å². The molecular formula is C23H30N4O2S. The van der Waals surface area contributed by atoms with E-state index in [1.165, 1.54) is 19.3 Å². The van der Waals surface area contributed by atoms with Gasteiger partial charge in [-0.3, -0.25) is 9.79 Å². The van der Waals surface area contributed by atoms with Gasteiger partial charge in [0.25, 0.3) is 5.91 Å². The molecule has 1 aliphatic heterocycles. The van der Waals surface area contributed by atoms with Crippen LogP contribution in [-0.2, 0) is 4.79 Å². The fourth-order valence-electron chi connectivity index (χ4n) is 4.09. The van der Waals surface area contributed by atoms with Crippen LogP contribution in [0.2, 0.25) is 0 Å². The molecule has 2 heterocycles. The number of ether oxygens (including phenoxy) is 1. The molecule has 0 saturated heterocycles. The van der Waals surface area contributed by atoms with Gasteiger partial charge in [-0.2, -0.15) is 5.10 Å². The molecule has 160 valence electrons. The highest BCUT2D eigenvalue weighted by atomic mass is 32.1. The van der Waals surface area contributed by atoms with Gasteiger partial charge in [-0.15, -0.1) is 11.3 Å². The van der Waals surface area contributed by atoms with Crippen LogP contribution >= 0.6 is 11.3 Å². The summed E-state index contributed by atoms with van der Waals surface area (Å²) < 4.78 is 7.50. The zero-order chi connectivity index (χ0) is 21.1. The van der Waals surface area contributed by atoms with Crippen LogP contribution in [0.25, 0.3) is 11.3 Å². The minimum Gasteiger partial charge on any atom is -0.482 e. The van der Waals surface area contributed by atoms with Gasteiger partial charge in [0.05, 0.1) is 17.4 Å². The van der Waals surface area contributed by atoms with Crippen LogP contribution < -0.4 is 14.9 Å². The second-order valence-corrected chi connectivity index (χ2v) is 9.45. The number of aromatic nitrogens is 1. The quantitative estimate of drug-likeness (QED) is 0.680. The molecule has 0 atom stereocenters. The maximum atomic E-state index is 11.7. The van der Waals surface area contributed by atoms with E-state index in [0.717, 1.165) is 41.0 Å². The van der Waals surface area contributed by atoms with E-state index in [0.29, 0.717) is 23.4 Å². The number of anilines is 1. The molecule has 1 N–H and O–H groups in total. The van der Waals surface area contributed by atoms with Gasteiger partial charge in [0.2, 0.25) is 4.80 Å². The van der Waals surface area contributed by atoms with Crippen molar-refractivity contribution in [3.63, 3.8) is 0 Å². The first kappa shape index (κ1) is 20.8. The number of thiazole rings is 1. The molecule has 30 heavy (non-hydrogen) atoms. The lowest BCUT2D eigenvalue weighted by atomic mass is 9.96. The Bertz CT molecular complexity index is 1010. The molecular weight excluding hydrogens is 396 g/mol. The third-order valence-electron chi connectivity index (χ3n) is 5.44. The Morgan fingerprint density at radius 1 is 1.30 bits per heavy atom. The van der Waals surface area contributed by atoms with Crippen LogP contribution in [0.1, 0.15) is 59.3 Å². The SMILES string of the molecule is CC(CC(C)C)=Nn1c(-c2ccc3c(c2)NC(=O)CO3)csc1=NC1CCCCC1. The Morgan fingerprint density at radius 2 is 2.10 bits per heavy atom. The van der Waals surface area contributed by atoms with Gasteiger partial charge in [0.15, 0.2) is 6.61 Å². The fourth-order valence-corrected chi connectivity index (χ4v) is 5.00. The number of carbonyl (C=O) groups is 1. The predicted octanol–water partition coefficient (Wildman–Crippen LogP) is 5.05. The molecule has 2 aliphatic rings. The van der Waals surface area contributed by atoms with Crippen molar-refractivity contribution < 1.29 is 9.53 Å². The van der Waals surface area contributed by atoms with Crippen LogP contribution in [0.3, 0.4) is 0 Å². The molecule has 1 saturated carbocycles. The molecule has 1 aromatic heterocycles. The van der Waals surface area contributed by atoms with E-state index >= 15 is 0 Å². The van der Waals surface area contributed by atoms with Crippen molar-refractivity contribution in [3.8, 4) is 17.0 Å². The molecule has 1 amide bonds. The lowest BCUT2D eigenvalue weighted by molar-refractivity contribution is -0.118. The van der Waals surface area contributed by atoms with Crippen molar-refractivity contribution in [3.05, 3.63) is 28.4 Å². The van der Waals surface area contributed by atoms with E-state index in [4.69, 9.17) is 14.8 Å².